The van der Waals surface area contributed by atoms with E-state index in [9.17, 15) is 0 Å². The molecule has 0 spiro atoms. The van der Waals surface area contributed by atoms with Crippen molar-refractivity contribution in [2.45, 2.75) is 6.92 Å². The Kier molecular flexibility index (Phi) is 3.76. The highest BCUT2D eigenvalue weighted by Crippen LogP contribution is 2.20. The van der Waals surface area contributed by atoms with Crippen molar-refractivity contribution in [3.8, 4) is 0 Å². The molecule has 4 nitrogen and oxygen atoms in total. The van der Waals surface area contributed by atoms with Crippen molar-refractivity contribution < 1.29 is 5.21 Å². The minimum Gasteiger partial charge on any atom is -0.409 e. The first-order chi connectivity index (χ1) is 6.63. The van der Waals surface area contributed by atoms with Crippen LogP contribution in [0.1, 0.15) is 5.56 Å². The average molecular weight is 258 g/mol. The van der Waals surface area contributed by atoms with Gasteiger partial charge in [0.05, 0.1) is 6.54 Å². The second-order valence-corrected chi connectivity index (χ2v) is 3.76. The van der Waals surface area contributed by atoms with E-state index in [1.165, 1.54) is 5.56 Å². The maximum atomic E-state index is 8.33. The predicted octanol–water partition coefficient (Wildman–Crippen LogP) is 1.92. The van der Waals surface area contributed by atoms with E-state index in [0.29, 0.717) is 6.54 Å². The third kappa shape index (κ3) is 2.92. The number of aryl methyl sites for hydroxylation is 1. The van der Waals surface area contributed by atoms with Crippen LogP contribution in [0.15, 0.2) is 27.8 Å². The van der Waals surface area contributed by atoms with Crippen molar-refractivity contribution in [2.24, 2.45) is 10.9 Å². The lowest BCUT2D eigenvalue weighted by Crippen LogP contribution is -2.22. The number of hydrogen-bond acceptors (Lipinski definition) is 3. The van der Waals surface area contributed by atoms with Crippen LogP contribution < -0.4 is 11.1 Å². The fourth-order valence-corrected chi connectivity index (χ4v) is 1.31. The number of benzene rings is 1. The molecule has 0 radical (unpaired) electrons. The molecule has 0 aliphatic carbocycles. The van der Waals surface area contributed by atoms with Crippen LogP contribution in [0, 0.1) is 6.92 Å². The van der Waals surface area contributed by atoms with Crippen LogP contribution in [0.25, 0.3) is 0 Å². The maximum Gasteiger partial charge on any atom is 0.158 e. The maximum absolute atomic E-state index is 8.33. The SMILES string of the molecule is Cc1ccc(NCC(N)=NO)cc1Br. The van der Waals surface area contributed by atoms with Gasteiger partial charge in [-0.2, -0.15) is 0 Å². The summed E-state index contributed by atoms with van der Waals surface area (Å²) in [6.07, 6.45) is 0. The monoisotopic (exact) mass is 257 g/mol. The molecule has 5 heteroatoms. The third-order valence-electron chi connectivity index (χ3n) is 1.77. The van der Waals surface area contributed by atoms with Gasteiger partial charge in [-0.25, -0.2) is 0 Å². The second-order valence-electron chi connectivity index (χ2n) is 2.91. The van der Waals surface area contributed by atoms with Crippen molar-refractivity contribution in [3.63, 3.8) is 0 Å². The van der Waals surface area contributed by atoms with Crippen LogP contribution in [0.4, 0.5) is 5.69 Å². The number of amidine groups is 1. The van der Waals surface area contributed by atoms with E-state index in [-0.39, 0.29) is 5.84 Å². The Hall–Kier alpha value is -1.23. The van der Waals surface area contributed by atoms with Gasteiger partial charge in [-0.3, -0.25) is 0 Å². The molecule has 4 N–H and O–H groups in total. The zero-order valence-electron chi connectivity index (χ0n) is 7.79. The molecule has 0 heterocycles. The molecule has 0 atom stereocenters. The summed E-state index contributed by atoms with van der Waals surface area (Å²) < 4.78 is 1.03. The van der Waals surface area contributed by atoms with E-state index in [1.54, 1.807) is 0 Å². The quantitative estimate of drug-likeness (QED) is 0.335. The predicted molar refractivity (Wildman–Crippen MR) is 60.8 cm³/mol. The van der Waals surface area contributed by atoms with Crippen LogP contribution in [0.5, 0.6) is 0 Å². The number of anilines is 1. The molecule has 0 aliphatic heterocycles. The van der Waals surface area contributed by atoms with E-state index < -0.39 is 0 Å². The number of oxime groups is 1. The fraction of sp³-hybridized carbons (Fsp3) is 0.222. The molecule has 0 saturated heterocycles. The standard InChI is InChI=1S/C9H12BrN3O/c1-6-2-3-7(4-8(6)10)12-5-9(11)13-14/h2-4,12,14H,5H2,1H3,(H2,11,13). The Labute approximate surface area is 90.9 Å². The Morgan fingerprint density at radius 2 is 2.36 bits per heavy atom. The van der Waals surface area contributed by atoms with E-state index in [2.05, 4.69) is 26.4 Å². The van der Waals surface area contributed by atoms with Crippen LogP contribution >= 0.6 is 15.9 Å². The van der Waals surface area contributed by atoms with Crippen LogP contribution in [0.2, 0.25) is 0 Å². The molecule has 0 saturated carbocycles. The van der Waals surface area contributed by atoms with Gasteiger partial charge in [0.1, 0.15) is 0 Å². The van der Waals surface area contributed by atoms with E-state index in [4.69, 9.17) is 10.9 Å². The summed E-state index contributed by atoms with van der Waals surface area (Å²) in [5, 5.41) is 14.2. The minimum atomic E-state index is 0.154. The highest BCUT2D eigenvalue weighted by molar-refractivity contribution is 9.10. The van der Waals surface area contributed by atoms with Gasteiger partial charge in [0.25, 0.3) is 0 Å². The molecule has 0 fully saturated rings. The molecule has 14 heavy (non-hydrogen) atoms. The van der Waals surface area contributed by atoms with E-state index in [1.807, 2.05) is 25.1 Å². The number of hydrogen-bond donors (Lipinski definition) is 3. The summed E-state index contributed by atoms with van der Waals surface area (Å²) in [4.78, 5) is 0. The van der Waals surface area contributed by atoms with Crippen LogP contribution in [-0.2, 0) is 0 Å². The summed E-state index contributed by atoms with van der Waals surface area (Å²) in [7, 11) is 0. The molecule has 0 amide bonds. The number of nitrogens with two attached hydrogens (primary N) is 1. The van der Waals surface area contributed by atoms with Gasteiger partial charge in [-0.15, -0.1) is 0 Å². The fourth-order valence-electron chi connectivity index (χ4n) is 0.931. The molecule has 1 aromatic rings. The molecule has 0 aromatic heterocycles. The van der Waals surface area contributed by atoms with Crippen LogP contribution in [-0.4, -0.2) is 17.6 Å². The topological polar surface area (TPSA) is 70.6 Å². The second kappa shape index (κ2) is 4.85. The van der Waals surface area contributed by atoms with Gasteiger partial charge in [-0.1, -0.05) is 27.2 Å². The van der Waals surface area contributed by atoms with Crippen molar-refractivity contribution >= 4 is 27.5 Å². The molecular weight excluding hydrogens is 246 g/mol. The molecule has 0 unspecified atom stereocenters. The number of nitrogens with zero attached hydrogens (tertiary/aromatic N) is 1. The Morgan fingerprint density at radius 3 is 2.93 bits per heavy atom. The van der Waals surface area contributed by atoms with Crippen molar-refractivity contribution in [3.05, 3.63) is 28.2 Å². The van der Waals surface area contributed by atoms with Crippen molar-refractivity contribution in [1.82, 2.24) is 0 Å². The van der Waals surface area contributed by atoms with Crippen LogP contribution in [0.3, 0.4) is 0 Å². The minimum absolute atomic E-state index is 0.154. The zero-order chi connectivity index (χ0) is 10.6. The van der Waals surface area contributed by atoms with Crippen molar-refractivity contribution in [2.75, 3.05) is 11.9 Å². The number of nitrogens with one attached hydrogen (secondary N) is 1. The molecular formula is C9H12BrN3O. The summed E-state index contributed by atoms with van der Waals surface area (Å²) in [5.74, 6) is 0.154. The Balaban J connectivity index is 2.64. The van der Waals surface area contributed by atoms with Gasteiger partial charge >= 0.3 is 0 Å². The highest BCUT2D eigenvalue weighted by Gasteiger charge is 1.97. The first-order valence-corrected chi connectivity index (χ1v) is 4.89. The van der Waals surface area contributed by atoms with E-state index >= 15 is 0 Å². The molecule has 0 bridgehead atoms. The highest BCUT2D eigenvalue weighted by atomic mass is 79.9. The lowest BCUT2D eigenvalue weighted by Gasteiger charge is -2.06. The summed E-state index contributed by atoms with van der Waals surface area (Å²) >= 11 is 3.42. The summed E-state index contributed by atoms with van der Waals surface area (Å²) in [5.41, 5.74) is 7.41. The molecule has 1 rings (SSSR count). The molecule has 76 valence electrons. The largest absolute Gasteiger partial charge is 0.409 e. The van der Waals surface area contributed by atoms with Gasteiger partial charge < -0.3 is 16.3 Å². The number of rotatable bonds is 3. The first kappa shape index (κ1) is 10.8. The summed E-state index contributed by atoms with van der Waals surface area (Å²) in [6, 6.07) is 5.86. The van der Waals surface area contributed by atoms with E-state index in [0.717, 1.165) is 10.2 Å². The first-order valence-electron chi connectivity index (χ1n) is 4.10. The lowest BCUT2D eigenvalue weighted by molar-refractivity contribution is 0.317. The van der Waals surface area contributed by atoms with Gasteiger partial charge in [0.15, 0.2) is 5.84 Å². The van der Waals surface area contributed by atoms with Gasteiger partial charge in [-0.05, 0) is 24.6 Å². The van der Waals surface area contributed by atoms with Gasteiger partial charge in [0.2, 0.25) is 0 Å². The van der Waals surface area contributed by atoms with Crippen molar-refractivity contribution in [1.29, 1.82) is 0 Å². The smallest absolute Gasteiger partial charge is 0.158 e. The Morgan fingerprint density at radius 1 is 1.64 bits per heavy atom. The Bertz CT molecular complexity index is 352. The average Bonchev–Trinajstić information content (AvgIpc) is 2.19. The zero-order valence-corrected chi connectivity index (χ0v) is 9.37. The van der Waals surface area contributed by atoms with Gasteiger partial charge in [0, 0.05) is 10.2 Å². The third-order valence-corrected chi connectivity index (χ3v) is 2.63. The normalized spacial score (nSPS) is 11.4. The number of halogens is 1. The molecule has 0 aliphatic rings. The molecule has 1 aromatic carbocycles. The lowest BCUT2D eigenvalue weighted by atomic mass is 10.2. The summed E-state index contributed by atoms with van der Waals surface area (Å²) in [6.45, 7) is 2.34.